The molecule has 0 bridgehead atoms. The number of aliphatic hydroxyl groups is 1. The monoisotopic (exact) mass is 360 g/mol. The quantitative estimate of drug-likeness (QED) is 0.706. The van der Waals surface area contributed by atoms with Crippen molar-refractivity contribution < 1.29 is 5.11 Å². The van der Waals surface area contributed by atoms with Gasteiger partial charge in [0.1, 0.15) is 0 Å². The number of aliphatic hydroxyl groups excluding tert-OH is 1. The molecule has 0 unspecified atom stereocenters. The number of hydrogen-bond donors (Lipinski definition) is 1. The minimum atomic E-state index is 0.0784. The molecule has 3 nitrogen and oxygen atoms in total. The van der Waals surface area contributed by atoms with Gasteiger partial charge in [-0.25, -0.2) is 0 Å². The summed E-state index contributed by atoms with van der Waals surface area (Å²) in [6, 6.07) is 19.2. The second-order valence-corrected chi connectivity index (χ2v) is 7.93. The van der Waals surface area contributed by atoms with Crippen LogP contribution in [0.4, 0.5) is 0 Å². The first-order valence-corrected chi connectivity index (χ1v) is 9.97. The van der Waals surface area contributed by atoms with Gasteiger partial charge in [0, 0.05) is 30.9 Å². The topological polar surface area (TPSA) is 36.4 Å². The van der Waals surface area contributed by atoms with Crippen LogP contribution in [0.15, 0.2) is 67.0 Å². The van der Waals surface area contributed by atoms with Crippen LogP contribution in [0.1, 0.15) is 30.4 Å². The van der Waals surface area contributed by atoms with E-state index in [4.69, 9.17) is 0 Å². The third-order valence-corrected chi connectivity index (χ3v) is 6.20. The molecule has 0 aliphatic carbocycles. The van der Waals surface area contributed by atoms with E-state index >= 15 is 0 Å². The van der Waals surface area contributed by atoms with E-state index in [1.807, 2.05) is 12.4 Å². The second-order valence-electron chi connectivity index (χ2n) is 7.93. The number of likely N-dealkylation sites (tertiary alicyclic amines) is 1. The number of benzene rings is 2. The third kappa shape index (κ3) is 4.20. The van der Waals surface area contributed by atoms with E-state index in [1.54, 1.807) is 0 Å². The molecule has 1 aromatic heterocycles. The van der Waals surface area contributed by atoms with E-state index < -0.39 is 0 Å². The van der Waals surface area contributed by atoms with Gasteiger partial charge in [-0.3, -0.25) is 9.88 Å². The number of fused-ring (bicyclic) bond motifs is 1. The summed E-state index contributed by atoms with van der Waals surface area (Å²) in [6.07, 6.45) is 8.09. The number of aromatic nitrogens is 1. The SMILES string of the molecule is OCC1(CCc2ccccc2)CCN(Cc2cccc3cnccc23)CC1. The van der Waals surface area contributed by atoms with Gasteiger partial charge in [0.2, 0.25) is 0 Å². The molecule has 27 heavy (non-hydrogen) atoms. The Hall–Kier alpha value is -2.23. The molecule has 1 N–H and O–H groups in total. The van der Waals surface area contributed by atoms with Gasteiger partial charge in [-0.15, -0.1) is 0 Å². The summed E-state index contributed by atoms with van der Waals surface area (Å²) in [4.78, 5) is 6.77. The standard InChI is InChI=1S/C24H28N2O/c27-19-24(11-9-20-5-2-1-3-6-20)12-15-26(16-13-24)18-22-8-4-7-21-17-25-14-10-23(21)22/h1-8,10,14,17,27H,9,11-13,15-16,18-19H2. The number of rotatable bonds is 6. The van der Waals surface area contributed by atoms with Crippen molar-refractivity contribution in [1.82, 2.24) is 9.88 Å². The summed E-state index contributed by atoms with van der Waals surface area (Å²) in [5.41, 5.74) is 2.82. The van der Waals surface area contributed by atoms with E-state index in [-0.39, 0.29) is 5.41 Å². The zero-order valence-corrected chi connectivity index (χ0v) is 15.8. The number of nitrogens with zero attached hydrogens (tertiary/aromatic N) is 2. The van der Waals surface area contributed by atoms with Crippen LogP contribution in [0.2, 0.25) is 0 Å². The minimum Gasteiger partial charge on any atom is -0.396 e. The Balaban J connectivity index is 1.38. The highest BCUT2D eigenvalue weighted by Gasteiger charge is 2.33. The van der Waals surface area contributed by atoms with Crippen molar-refractivity contribution in [2.75, 3.05) is 19.7 Å². The molecule has 140 valence electrons. The summed E-state index contributed by atoms with van der Waals surface area (Å²) < 4.78 is 0. The maximum Gasteiger partial charge on any atom is 0.0488 e. The first kappa shape index (κ1) is 18.1. The first-order chi connectivity index (χ1) is 13.3. The molecule has 4 rings (SSSR count). The smallest absolute Gasteiger partial charge is 0.0488 e. The third-order valence-electron chi connectivity index (χ3n) is 6.20. The molecule has 0 saturated carbocycles. The normalized spacial score (nSPS) is 17.2. The summed E-state index contributed by atoms with van der Waals surface area (Å²) >= 11 is 0. The fourth-order valence-electron chi connectivity index (χ4n) is 4.30. The number of hydrogen-bond acceptors (Lipinski definition) is 3. The van der Waals surface area contributed by atoms with Gasteiger partial charge in [0.15, 0.2) is 0 Å². The summed E-state index contributed by atoms with van der Waals surface area (Å²) in [7, 11) is 0. The lowest BCUT2D eigenvalue weighted by atomic mass is 9.75. The second kappa shape index (κ2) is 8.20. The average Bonchev–Trinajstić information content (AvgIpc) is 2.74. The van der Waals surface area contributed by atoms with Crippen molar-refractivity contribution >= 4 is 10.8 Å². The van der Waals surface area contributed by atoms with E-state index in [0.29, 0.717) is 6.61 Å². The molecule has 0 atom stereocenters. The van der Waals surface area contributed by atoms with Crippen molar-refractivity contribution in [3.8, 4) is 0 Å². The molecule has 2 aromatic carbocycles. The highest BCUT2D eigenvalue weighted by molar-refractivity contribution is 5.84. The molecule has 1 saturated heterocycles. The highest BCUT2D eigenvalue weighted by atomic mass is 16.3. The molecule has 0 radical (unpaired) electrons. The van der Waals surface area contributed by atoms with Crippen molar-refractivity contribution in [3.63, 3.8) is 0 Å². The molecular weight excluding hydrogens is 332 g/mol. The molecule has 1 aliphatic heterocycles. The van der Waals surface area contributed by atoms with Gasteiger partial charge < -0.3 is 5.11 Å². The van der Waals surface area contributed by atoms with E-state index in [0.717, 1.165) is 45.3 Å². The lowest BCUT2D eigenvalue weighted by molar-refractivity contribution is 0.0348. The molecule has 2 heterocycles. The Bertz CT molecular complexity index is 864. The zero-order chi connectivity index (χ0) is 18.5. The van der Waals surface area contributed by atoms with E-state index in [9.17, 15) is 5.11 Å². The van der Waals surface area contributed by atoms with Crippen molar-refractivity contribution in [1.29, 1.82) is 0 Å². The van der Waals surface area contributed by atoms with Crippen LogP contribution in [0.3, 0.4) is 0 Å². The predicted octanol–water partition coefficient (Wildman–Crippen LogP) is 4.44. The molecule has 0 spiro atoms. The largest absolute Gasteiger partial charge is 0.396 e. The minimum absolute atomic E-state index is 0.0784. The summed E-state index contributed by atoms with van der Waals surface area (Å²) in [5, 5.41) is 12.6. The molecule has 0 amide bonds. The van der Waals surface area contributed by atoms with Gasteiger partial charge in [-0.1, -0.05) is 48.5 Å². The maximum absolute atomic E-state index is 10.1. The van der Waals surface area contributed by atoms with Crippen LogP contribution in [-0.4, -0.2) is 34.7 Å². The van der Waals surface area contributed by atoms with Crippen LogP contribution >= 0.6 is 0 Å². The van der Waals surface area contributed by atoms with Crippen LogP contribution in [0.25, 0.3) is 10.8 Å². The van der Waals surface area contributed by atoms with Crippen LogP contribution in [0, 0.1) is 5.41 Å². The van der Waals surface area contributed by atoms with Gasteiger partial charge in [0.05, 0.1) is 0 Å². The molecular formula is C24H28N2O. The Kier molecular flexibility index (Phi) is 5.51. The Morgan fingerprint density at radius 3 is 2.56 bits per heavy atom. The molecule has 1 aliphatic rings. The number of pyridine rings is 1. The van der Waals surface area contributed by atoms with Crippen molar-refractivity contribution in [3.05, 3.63) is 78.1 Å². The average molecular weight is 361 g/mol. The lowest BCUT2D eigenvalue weighted by Gasteiger charge is -2.41. The molecule has 3 aromatic rings. The van der Waals surface area contributed by atoms with E-state index in [1.165, 1.54) is 21.9 Å². The fraction of sp³-hybridized carbons (Fsp3) is 0.375. The van der Waals surface area contributed by atoms with Crippen molar-refractivity contribution in [2.45, 2.75) is 32.2 Å². The van der Waals surface area contributed by atoms with Gasteiger partial charge in [-0.2, -0.15) is 0 Å². The fourth-order valence-corrected chi connectivity index (χ4v) is 4.30. The Labute approximate surface area is 161 Å². The lowest BCUT2D eigenvalue weighted by Crippen LogP contribution is -2.42. The predicted molar refractivity (Wildman–Crippen MR) is 111 cm³/mol. The van der Waals surface area contributed by atoms with Gasteiger partial charge in [0.25, 0.3) is 0 Å². The Morgan fingerprint density at radius 2 is 1.78 bits per heavy atom. The first-order valence-electron chi connectivity index (χ1n) is 9.97. The maximum atomic E-state index is 10.1. The van der Waals surface area contributed by atoms with E-state index in [2.05, 4.69) is 64.5 Å². The van der Waals surface area contributed by atoms with Crippen LogP contribution < -0.4 is 0 Å². The molecule has 3 heteroatoms. The van der Waals surface area contributed by atoms with Crippen molar-refractivity contribution in [2.24, 2.45) is 5.41 Å². The van der Waals surface area contributed by atoms with Crippen LogP contribution in [0.5, 0.6) is 0 Å². The summed E-state index contributed by atoms with van der Waals surface area (Å²) in [6.45, 7) is 3.38. The number of piperidine rings is 1. The summed E-state index contributed by atoms with van der Waals surface area (Å²) in [5.74, 6) is 0. The highest BCUT2D eigenvalue weighted by Crippen LogP contribution is 2.36. The van der Waals surface area contributed by atoms with Crippen LogP contribution in [-0.2, 0) is 13.0 Å². The van der Waals surface area contributed by atoms with Gasteiger partial charge in [-0.05, 0) is 66.8 Å². The Morgan fingerprint density at radius 1 is 0.963 bits per heavy atom. The molecule has 1 fully saturated rings. The zero-order valence-electron chi connectivity index (χ0n) is 15.8. The number of aryl methyl sites for hydroxylation is 1. The van der Waals surface area contributed by atoms with Gasteiger partial charge >= 0.3 is 0 Å².